The highest BCUT2D eigenvalue weighted by atomic mass is 16.5. The topological polar surface area (TPSA) is 58.6 Å². The predicted octanol–water partition coefficient (Wildman–Crippen LogP) is 1.22. The number of methoxy groups -OCH3 is 1. The van der Waals surface area contributed by atoms with Crippen LogP contribution in [0.5, 0.6) is 0 Å². The summed E-state index contributed by atoms with van der Waals surface area (Å²) in [5, 5.41) is 3.02. The molecule has 2 atom stereocenters. The van der Waals surface area contributed by atoms with Crippen LogP contribution in [0.1, 0.15) is 51.4 Å². The molecule has 3 aliphatic rings. The first kappa shape index (κ1) is 13.9. The lowest BCUT2D eigenvalue weighted by Gasteiger charge is -2.37. The zero-order valence-corrected chi connectivity index (χ0v) is 12.2. The van der Waals surface area contributed by atoms with Crippen molar-refractivity contribution >= 4 is 11.8 Å². The van der Waals surface area contributed by atoms with Crippen LogP contribution in [0.15, 0.2) is 0 Å². The highest BCUT2D eigenvalue weighted by Gasteiger charge is 2.49. The number of nitrogens with zero attached hydrogens (tertiary/aromatic N) is 1. The van der Waals surface area contributed by atoms with E-state index in [0.29, 0.717) is 13.0 Å². The Hall–Kier alpha value is -1.10. The van der Waals surface area contributed by atoms with E-state index in [-0.39, 0.29) is 24.0 Å². The maximum Gasteiger partial charge on any atom is 0.248 e. The Morgan fingerprint density at radius 3 is 2.65 bits per heavy atom. The molecule has 2 unspecified atom stereocenters. The van der Waals surface area contributed by atoms with Crippen molar-refractivity contribution in [1.29, 1.82) is 0 Å². The molecule has 5 nitrogen and oxygen atoms in total. The summed E-state index contributed by atoms with van der Waals surface area (Å²) in [6.07, 6.45) is 7.29. The molecule has 1 aliphatic heterocycles. The van der Waals surface area contributed by atoms with Crippen LogP contribution in [0, 0.1) is 0 Å². The van der Waals surface area contributed by atoms with Crippen molar-refractivity contribution in [3.8, 4) is 0 Å². The molecule has 20 heavy (non-hydrogen) atoms. The average Bonchev–Trinajstić information content (AvgIpc) is 3.05. The largest absolute Gasteiger partial charge is 0.379 e. The van der Waals surface area contributed by atoms with Gasteiger partial charge in [-0.3, -0.25) is 9.59 Å². The predicted molar refractivity (Wildman–Crippen MR) is 74.1 cm³/mol. The summed E-state index contributed by atoms with van der Waals surface area (Å²) in [6, 6.07) is 0.151. The van der Waals surface area contributed by atoms with Crippen molar-refractivity contribution in [2.45, 2.75) is 69.1 Å². The molecule has 1 heterocycles. The zero-order valence-electron chi connectivity index (χ0n) is 12.2. The van der Waals surface area contributed by atoms with E-state index in [1.165, 1.54) is 0 Å². The minimum atomic E-state index is -0.617. The van der Waals surface area contributed by atoms with Crippen molar-refractivity contribution < 1.29 is 14.3 Å². The van der Waals surface area contributed by atoms with E-state index in [9.17, 15) is 9.59 Å². The Morgan fingerprint density at radius 1 is 1.20 bits per heavy atom. The summed E-state index contributed by atoms with van der Waals surface area (Å²) in [5.74, 6) is 0.157. The third-order valence-electron chi connectivity index (χ3n) is 5.21. The lowest BCUT2D eigenvalue weighted by molar-refractivity contribution is -0.142. The minimum absolute atomic E-state index is 0.0229. The molecule has 1 spiro atoms. The maximum absolute atomic E-state index is 13.0. The third-order valence-corrected chi connectivity index (χ3v) is 5.21. The standard InChI is InChI=1S/C15H24N2O3/c1-20-12-6-4-5-11(12)17-10-7-13(18)16-15(14(17)19)8-2-3-9-15/h11-12H,2-10H2,1H3,(H,16,18). The molecule has 2 amide bonds. The molecule has 1 N–H and O–H groups in total. The molecular formula is C15H24N2O3. The number of ether oxygens (including phenoxy) is 1. The van der Waals surface area contributed by atoms with Crippen LogP contribution >= 0.6 is 0 Å². The van der Waals surface area contributed by atoms with E-state index in [4.69, 9.17) is 4.74 Å². The monoisotopic (exact) mass is 280 g/mol. The number of nitrogens with one attached hydrogen (secondary N) is 1. The summed E-state index contributed by atoms with van der Waals surface area (Å²) >= 11 is 0. The Balaban J connectivity index is 1.86. The molecule has 5 heteroatoms. The first-order valence-corrected chi connectivity index (χ1v) is 7.81. The van der Waals surface area contributed by atoms with Gasteiger partial charge in [-0.15, -0.1) is 0 Å². The first-order valence-electron chi connectivity index (χ1n) is 7.81. The molecule has 2 aliphatic carbocycles. The molecule has 3 fully saturated rings. The van der Waals surface area contributed by atoms with Gasteiger partial charge in [-0.25, -0.2) is 0 Å². The van der Waals surface area contributed by atoms with E-state index < -0.39 is 5.54 Å². The maximum atomic E-state index is 13.0. The number of carbonyl (C=O) groups is 2. The number of hydrogen-bond acceptors (Lipinski definition) is 3. The highest BCUT2D eigenvalue weighted by molar-refractivity contribution is 5.94. The van der Waals surface area contributed by atoms with Crippen LogP contribution in [-0.4, -0.2) is 48.1 Å². The quantitative estimate of drug-likeness (QED) is 0.827. The third kappa shape index (κ3) is 2.22. The molecule has 1 saturated heterocycles. The SMILES string of the molecule is COC1CCCC1N1CCC(=O)NC2(CCCC2)C1=O. The van der Waals surface area contributed by atoms with E-state index in [1.54, 1.807) is 7.11 Å². The van der Waals surface area contributed by atoms with Gasteiger partial charge in [0.1, 0.15) is 5.54 Å². The molecule has 0 aromatic heterocycles. The second kappa shape index (κ2) is 5.35. The Labute approximate surface area is 120 Å². The fourth-order valence-corrected chi connectivity index (χ4v) is 4.15. The molecule has 0 aromatic rings. The van der Waals surface area contributed by atoms with Gasteiger partial charge in [0.25, 0.3) is 0 Å². The van der Waals surface area contributed by atoms with E-state index in [0.717, 1.165) is 44.9 Å². The van der Waals surface area contributed by atoms with Crippen molar-refractivity contribution in [2.24, 2.45) is 0 Å². The Kier molecular flexibility index (Phi) is 3.71. The number of hydrogen-bond donors (Lipinski definition) is 1. The molecule has 0 aromatic carbocycles. The molecule has 2 saturated carbocycles. The van der Waals surface area contributed by atoms with Gasteiger partial charge in [0, 0.05) is 20.1 Å². The average molecular weight is 280 g/mol. The lowest BCUT2D eigenvalue weighted by atomic mass is 9.95. The molecule has 0 bridgehead atoms. The van der Waals surface area contributed by atoms with Crippen molar-refractivity contribution in [3.05, 3.63) is 0 Å². The molecular weight excluding hydrogens is 256 g/mol. The van der Waals surface area contributed by atoms with Crippen LogP contribution in [-0.2, 0) is 14.3 Å². The fraction of sp³-hybridized carbons (Fsp3) is 0.867. The summed E-state index contributed by atoms with van der Waals surface area (Å²) in [6.45, 7) is 0.539. The van der Waals surface area contributed by atoms with Gasteiger partial charge in [-0.05, 0) is 32.1 Å². The van der Waals surface area contributed by atoms with Gasteiger partial charge in [0.15, 0.2) is 0 Å². The van der Waals surface area contributed by atoms with Gasteiger partial charge in [-0.2, -0.15) is 0 Å². The highest BCUT2D eigenvalue weighted by Crippen LogP contribution is 2.36. The van der Waals surface area contributed by atoms with Gasteiger partial charge in [-0.1, -0.05) is 12.8 Å². The number of rotatable bonds is 2. The Bertz CT molecular complexity index is 404. The summed E-state index contributed by atoms with van der Waals surface area (Å²) < 4.78 is 5.54. The molecule has 0 radical (unpaired) electrons. The first-order chi connectivity index (χ1) is 9.66. The number of carbonyl (C=O) groups excluding carboxylic acids is 2. The van der Waals surface area contributed by atoms with Gasteiger partial charge < -0.3 is 15.0 Å². The lowest BCUT2D eigenvalue weighted by Crippen LogP contribution is -2.58. The van der Waals surface area contributed by atoms with Crippen LogP contribution in [0.3, 0.4) is 0 Å². The van der Waals surface area contributed by atoms with Gasteiger partial charge in [0.05, 0.1) is 12.1 Å². The van der Waals surface area contributed by atoms with E-state index in [1.807, 2.05) is 4.90 Å². The zero-order chi connectivity index (χ0) is 14.2. The van der Waals surface area contributed by atoms with Gasteiger partial charge >= 0.3 is 0 Å². The van der Waals surface area contributed by atoms with Crippen LogP contribution < -0.4 is 5.32 Å². The van der Waals surface area contributed by atoms with Crippen LogP contribution in [0.25, 0.3) is 0 Å². The summed E-state index contributed by atoms with van der Waals surface area (Å²) in [7, 11) is 1.72. The van der Waals surface area contributed by atoms with Gasteiger partial charge in [0.2, 0.25) is 11.8 Å². The summed E-state index contributed by atoms with van der Waals surface area (Å²) in [5.41, 5.74) is -0.617. The Morgan fingerprint density at radius 2 is 1.95 bits per heavy atom. The second-order valence-electron chi connectivity index (χ2n) is 6.36. The number of amides is 2. The van der Waals surface area contributed by atoms with Crippen molar-refractivity contribution in [1.82, 2.24) is 10.2 Å². The smallest absolute Gasteiger partial charge is 0.248 e. The normalized spacial score (nSPS) is 33.5. The van der Waals surface area contributed by atoms with Crippen LogP contribution in [0.4, 0.5) is 0 Å². The minimum Gasteiger partial charge on any atom is -0.379 e. The van der Waals surface area contributed by atoms with E-state index in [2.05, 4.69) is 5.32 Å². The molecule has 112 valence electrons. The summed E-state index contributed by atoms with van der Waals surface area (Å²) in [4.78, 5) is 26.9. The fourth-order valence-electron chi connectivity index (χ4n) is 4.15. The van der Waals surface area contributed by atoms with Crippen LogP contribution in [0.2, 0.25) is 0 Å². The molecule has 3 rings (SSSR count). The van der Waals surface area contributed by atoms with Crippen molar-refractivity contribution in [2.75, 3.05) is 13.7 Å². The van der Waals surface area contributed by atoms with E-state index >= 15 is 0 Å². The van der Waals surface area contributed by atoms with Crippen molar-refractivity contribution in [3.63, 3.8) is 0 Å². The second-order valence-corrected chi connectivity index (χ2v) is 6.36.